The number of halogens is 10. The Bertz CT molecular complexity index is 4020. The molecular formula is C53H49BrCl6F3N25O2S. The first kappa shape index (κ1) is 69.4. The Morgan fingerprint density at radius 2 is 0.846 bits per heavy atom. The third-order valence-electron chi connectivity index (χ3n) is 11.2. The Morgan fingerprint density at radius 1 is 0.429 bits per heavy atom. The van der Waals surface area contributed by atoms with Gasteiger partial charge in [0, 0.05) is 54.2 Å². The van der Waals surface area contributed by atoms with Gasteiger partial charge in [0.05, 0.1) is 57.5 Å². The maximum Gasteiger partial charge on any atom is 0.211 e. The molecule has 0 radical (unpaired) electrons. The highest BCUT2D eigenvalue weighted by atomic mass is 79.9. The Kier molecular flexibility index (Phi) is 26.5. The number of nitrogens with zero attached hydrogens (tertiary/aromatic N) is 12. The van der Waals surface area contributed by atoms with Gasteiger partial charge in [-0.2, -0.15) is 61.9 Å². The molecule has 38 heteroatoms. The van der Waals surface area contributed by atoms with Crippen LogP contribution in [0.3, 0.4) is 0 Å². The molecule has 0 aliphatic heterocycles. The van der Waals surface area contributed by atoms with E-state index >= 15 is 0 Å². The van der Waals surface area contributed by atoms with Crippen molar-refractivity contribution in [1.82, 2.24) is 97.2 Å². The summed E-state index contributed by atoms with van der Waals surface area (Å²) in [5.41, 5.74) is 7.47. The fourth-order valence-electron chi connectivity index (χ4n) is 7.12. The van der Waals surface area contributed by atoms with Gasteiger partial charge < -0.3 is 31.9 Å². The smallest absolute Gasteiger partial charge is 0.211 e. The third kappa shape index (κ3) is 23.6. The lowest BCUT2D eigenvalue weighted by Gasteiger charge is -2.11. The summed E-state index contributed by atoms with van der Waals surface area (Å²) in [5.74, 6) is 2.28. The van der Waals surface area contributed by atoms with Crippen molar-refractivity contribution in [3.63, 3.8) is 0 Å². The fraction of sp³-hybridized carbons (Fsp3) is 0.0943. The quantitative estimate of drug-likeness (QED) is 0.0427. The minimum absolute atomic E-state index is 0.0165. The van der Waals surface area contributed by atoms with Gasteiger partial charge in [0.1, 0.15) is 17.5 Å². The Morgan fingerprint density at radius 3 is 1.29 bits per heavy atom. The number of benzene rings is 6. The number of aromatic amines is 6. The van der Waals surface area contributed by atoms with Crippen LogP contribution in [0.2, 0.25) is 30.1 Å². The summed E-state index contributed by atoms with van der Waals surface area (Å²) in [6.07, 6.45) is 9.61. The largest absolute Gasteiger partial charge is 0.337 e. The number of H-pyrrole nitrogens is 6. The minimum Gasteiger partial charge on any atom is -0.337 e. The average molecular weight is 1450 g/mol. The summed E-state index contributed by atoms with van der Waals surface area (Å²) >= 11 is 37.8. The number of hydrogen-bond donors (Lipinski definition) is 13. The molecule has 0 aliphatic carbocycles. The molecular weight excluding hydrogens is 1400 g/mol. The van der Waals surface area contributed by atoms with Crippen LogP contribution in [0.5, 0.6) is 0 Å². The van der Waals surface area contributed by atoms with E-state index in [0.717, 1.165) is 44.5 Å². The lowest BCUT2D eigenvalue weighted by molar-refractivity contribution is 0.587. The van der Waals surface area contributed by atoms with Gasteiger partial charge in [-0.15, -0.1) is 30.6 Å². The van der Waals surface area contributed by atoms with Gasteiger partial charge >= 0.3 is 0 Å². The van der Waals surface area contributed by atoms with Crippen molar-refractivity contribution in [2.45, 2.75) is 20.3 Å². The van der Waals surface area contributed by atoms with Gasteiger partial charge in [-0.3, -0.25) is 0 Å². The zero-order valence-electron chi connectivity index (χ0n) is 47.1. The zero-order chi connectivity index (χ0) is 65.3. The molecule has 0 amide bonds. The molecule has 0 unspecified atom stereocenters. The fourth-order valence-corrected chi connectivity index (χ4v) is 9.54. The number of sulfonamides is 1. The van der Waals surface area contributed by atoms with Crippen LogP contribution in [0.4, 0.5) is 82.2 Å². The van der Waals surface area contributed by atoms with Crippen LogP contribution in [0.1, 0.15) is 16.7 Å². The van der Waals surface area contributed by atoms with Crippen molar-refractivity contribution in [3.05, 3.63) is 209 Å². The first-order valence-corrected chi connectivity index (χ1v) is 30.4. The van der Waals surface area contributed by atoms with Crippen molar-refractivity contribution >= 4 is 165 Å². The predicted molar refractivity (Wildman–Crippen MR) is 350 cm³/mol. The van der Waals surface area contributed by atoms with E-state index in [1.54, 1.807) is 73.1 Å². The molecule has 13 N–H and O–H groups in total. The Balaban J connectivity index is 0.000000156. The summed E-state index contributed by atoms with van der Waals surface area (Å²) in [5, 5.41) is 80.3. The van der Waals surface area contributed by atoms with Gasteiger partial charge in [-0.1, -0.05) is 69.6 Å². The SMILES string of the molecule is CNS(=O)(=O)CCc1cc(Cl)ccc1Nc1cn[nH]n1.Cc1cc(Cl)cc(C)c1Nc1cn[nH]n1.Clc1cc(Cl)cc(Nc2cn[nH]n2)c1.Fc1cc(Nc2cn[nH]n2)ccc1Cl.Fc1ccc(Nc2cn[nH]n2)cc1Br.Fc1ccc(Nc2cn[nH]n2)cc1Cl. The van der Waals surface area contributed by atoms with Gasteiger partial charge in [-0.25, -0.2) is 26.3 Å². The molecule has 0 aliphatic rings. The molecule has 0 saturated carbocycles. The molecule has 0 bridgehead atoms. The number of nitrogens with one attached hydrogen (secondary N) is 13. The molecule has 0 fully saturated rings. The number of aryl methyl sites for hydroxylation is 3. The predicted octanol–water partition coefficient (Wildman–Crippen LogP) is 14.1. The lowest BCUT2D eigenvalue weighted by Crippen LogP contribution is -2.23. The molecule has 6 aromatic carbocycles. The number of aromatic nitrogens is 18. The van der Waals surface area contributed by atoms with E-state index in [4.69, 9.17) is 69.6 Å². The summed E-state index contributed by atoms with van der Waals surface area (Å²) in [7, 11) is -1.87. The van der Waals surface area contributed by atoms with E-state index in [2.05, 4.69) is 145 Å². The van der Waals surface area contributed by atoms with E-state index in [9.17, 15) is 21.6 Å². The summed E-state index contributed by atoms with van der Waals surface area (Å²) in [6, 6.07) is 27.6. The zero-order valence-corrected chi connectivity index (χ0v) is 54.0. The molecule has 27 nitrogen and oxygen atoms in total. The van der Waals surface area contributed by atoms with Crippen molar-refractivity contribution in [2.24, 2.45) is 0 Å². The van der Waals surface area contributed by atoms with Crippen LogP contribution in [0, 0.1) is 31.3 Å². The molecule has 474 valence electrons. The summed E-state index contributed by atoms with van der Waals surface area (Å²) < 4.78 is 64.3. The normalized spacial score (nSPS) is 10.5. The van der Waals surface area contributed by atoms with E-state index in [1.165, 1.54) is 62.2 Å². The highest BCUT2D eigenvalue weighted by molar-refractivity contribution is 9.10. The van der Waals surface area contributed by atoms with Crippen LogP contribution < -0.4 is 36.6 Å². The van der Waals surface area contributed by atoms with Crippen LogP contribution in [0.15, 0.2) is 145 Å². The van der Waals surface area contributed by atoms with Gasteiger partial charge in [0.25, 0.3) is 0 Å². The molecule has 91 heavy (non-hydrogen) atoms. The maximum absolute atomic E-state index is 13.0. The lowest BCUT2D eigenvalue weighted by atomic mass is 10.1. The second-order valence-electron chi connectivity index (χ2n) is 17.9. The van der Waals surface area contributed by atoms with E-state index in [1.807, 2.05) is 26.0 Å². The Labute approximate surface area is 553 Å². The number of anilines is 12. The van der Waals surface area contributed by atoms with Crippen molar-refractivity contribution < 1.29 is 21.6 Å². The number of rotatable bonds is 16. The van der Waals surface area contributed by atoms with Gasteiger partial charge in [0.2, 0.25) is 10.0 Å². The van der Waals surface area contributed by atoms with E-state index in [-0.39, 0.29) is 21.6 Å². The average Bonchev–Trinajstić information content (AvgIpc) is 2.81. The van der Waals surface area contributed by atoms with Gasteiger partial charge in [0.15, 0.2) is 34.9 Å². The van der Waals surface area contributed by atoms with Crippen LogP contribution in [-0.2, 0) is 16.4 Å². The molecule has 12 rings (SSSR count). The standard InChI is InChI=1S/C11H14ClN5O2S.C10H11ClN4.C8H6BrFN4.C8H6Cl2N4.2C8H6ClFN4/c1-13-20(18,19)5-4-8-6-9(12)2-3-10(8)15-11-7-14-17-16-11;1-6-3-8(11)4-7(2)10(6)13-9-5-12-15-14-9;9-6-3-5(1-2-7(6)10)12-8-4-11-14-13-8;9-5-1-6(10)3-7(2-5)12-8-4-11-14-13-8;9-6-3-5(1-2-7(6)10)12-8-4-11-14-13-8;9-6-2-1-5(3-7(6)10)12-8-4-11-14-13-8/h2-3,6-7,13H,4-5H2,1H3,(H2,14,15,16,17);3-5H,1-2H3,(H2,12,13,14,15);4*1-4H,(H2,11,12,13,14). The van der Waals surface area contributed by atoms with Crippen LogP contribution in [0.25, 0.3) is 0 Å². The molecule has 0 atom stereocenters. The van der Waals surface area contributed by atoms with Crippen LogP contribution >= 0.6 is 85.5 Å². The molecule has 12 aromatic rings. The highest BCUT2D eigenvalue weighted by Crippen LogP contribution is 2.29. The maximum atomic E-state index is 13.0. The minimum atomic E-state index is -3.26. The van der Waals surface area contributed by atoms with Gasteiger partial charge in [-0.05, 0) is 163 Å². The molecule has 6 heterocycles. The van der Waals surface area contributed by atoms with Crippen molar-refractivity contribution in [3.8, 4) is 0 Å². The Hall–Kier alpha value is -9.12. The van der Waals surface area contributed by atoms with E-state index in [0.29, 0.717) is 72.2 Å². The second kappa shape index (κ2) is 34.7. The first-order chi connectivity index (χ1) is 43.7. The van der Waals surface area contributed by atoms with Crippen molar-refractivity contribution in [1.29, 1.82) is 0 Å². The van der Waals surface area contributed by atoms with E-state index < -0.39 is 21.7 Å². The second-order valence-corrected chi connectivity index (χ2v) is 23.4. The molecule has 6 aromatic heterocycles. The number of hydrogen-bond acceptors (Lipinski definition) is 20. The summed E-state index contributed by atoms with van der Waals surface area (Å²) in [6.45, 7) is 4.00. The highest BCUT2D eigenvalue weighted by Gasteiger charge is 2.13. The third-order valence-corrected chi connectivity index (χ3v) is 14.7. The summed E-state index contributed by atoms with van der Waals surface area (Å²) in [4.78, 5) is 0. The van der Waals surface area contributed by atoms with Crippen molar-refractivity contribution in [2.75, 3.05) is 44.7 Å². The first-order valence-electron chi connectivity index (χ1n) is 25.7. The van der Waals surface area contributed by atoms with Crippen LogP contribution in [-0.4, -0.2) is 114 Å². The monoisotopic (exact) mass is 1450 g/mol. The molecule has 0 saturated heterocycles. The molecule has 0 spiro atoms. The topological polar surface area (TPSA) is 368 Å².